The van der Waals surface area contributed by atoms with E-state index in [2.05, 4.69) is 11.9 Å². The van der Waals surface area contributed by atoms with Crippen molar-refractivity contribution in [3.05, 3.63) is 46.9 Å². The summed E-state index contributed by atoms with van der Waals surface area (Å²) in [6, 6.07) is 5.44. The topological polar surface area (TPSA) is 90.8 Å². The van der Waals surface area contributed by atoms with Crippen LogP contribution in [0.3, 0.4) is 0 Å². The molecule has 166 valence electrons. The van der Waals surface area contributed by atoms with Crippen LogP contribution in [0.5, 0.6) is 0 Å². The van der Waals surface area contributed by atoms with Gasteiger partial charge in [-0.2, -0.15) is 24.5 Å². The van der Waals surface area contributed by atoms with Crippen molar-refractivity contribution in [2.24, 2.45) is 11.3 Å². The van der Waals surface area contributed by atoms with Crippen molar-refractivity contribution in [2.45, 2.75) is 19.5 Å². The number of halogens is 3. The lowest BCUT2D eigenvalue weighted by Gasteiger charge is -2.26. The number of alkyl halides is 3. The summed E-state index contributed by atoms with van der Waals surface area (Å²) in [6.07, 6.45) is -1.02. The van der Waals surface area contributed by atoms with E-state index in [0.29, 0.717) is 18.7 Å². The highest BCUT2D eigenvalue weighted by molar-refractivity contribution is 7.08. The lowest BCUT2D eigenvalue weighted by Crippen LogP contribution is -2.40. The van der Waals surface area contributed by atoms with Gasteiger partial charge in [-0.1, -0.05) is 6.92 Å². The zero-order valence-electron chi connectivity index (χ0n) is 16.5. The number of hydrogen-bond acceptors (Lipinski definition) is 5. The quantitative estimate of drug-likeness (QED) is 0.751. The number of hydrogen-bond donors (Lipinski definition) is 1. The molecule has 1 spiro atoms. The minimum absolute atomic E-state index is 0.0112. The van der Waals surface area contributed by atoms with Gasteiger partial charge in [0.1, 0.15) is 0 Å². The molecule has 2 aliphatic heterocycles. The molecule has 11 heteroatoms. The van der Waals surface area contributed by atoms with Gasteiger partial charge in [0, 0.05) is 43.0 Å². The fourth-order valence-electron chi connectivity index (χ4n) is 3.95. The maximum atomic E-state index is 13.1. The second-order valence-electron chi connectivity index (χ2n) is 7.47. The number of carboxylic acids is 1. The molecule has 4 heterocycles. The smallest absolute Gasteiger partial charge is 0.475 e. The first kappa shape index (κ1) is 22.7. The lowest BCUT2D eigenvalue weighted by atomic mass is 9.78. The van der Waals surface area contributed by atoms with Crippen molar-refractivity contribution in [3.63, 3.8) is 0 Å². The van der Waals surface area contributed by atoms with Gasteiger partial charge < -0.3 is 14.9 Å². The average Bonchev–Trinajstić information content (AvgIpc) is 3.44. The summed E-state index contributed by atoms with van der Waals surface area (Å²) in [5, 5.41) is 11.1. The van der Waals surface area contributed by atoms with E-state index in [1.165, 1.54) is 0 Å². The molecule has 0 radical (unpaired) electrons. The molecule has 0 unspecified atom stereocenters. The number of amides is 2. The number of thiophene rings is 1. The monoisotopic (exact) mass is 455 g/mol. The molecule has 0 aromatic carbocycles. The van der Waals surface area contributed by atoms with E-state index in [0.717, 1.165) is 18.7 Å². The van der Waals surface area contributed by atoms with Crippen molar-refractivity contribution >= 4 is 34.8 Å². The van der Waals surface area contributed by atoms with Crippen LogP contribution >= 0.6 is 11.3 Å². The summed E-state index contributed by atoms with van der Waals surface area (Å²) < 4.78 is 31.7. The second kappa shape index (κ2) is 8.66. The zero-order valence-corrected chi connectivity index (χ0v) is 17.3. The Bertz CT molecular complexity index is 952. The molecule has 7 nitrogen and oxygen atoms in total. The number of carboxylic acid groups (broad SMARTS) is 1. The third kappa shape index (κ3) is 4.55. The van der Waals surface area contributed by atoms with Crippen molar-refractivity contribution in [1.29, 1.82) is 0 Å². The number of anilines is 1. The summed E-state index contributed by atoms with van der Waals surface area (Å²) in [4.78, 5) is 42.4. The van der Waals surface area contributed by atoms with E-state index in [1.807, 2.05) is 26.6 Å². The molecular weight excluding hydrogens is 435 g/mol. The Labute approximate surface area is 180 Å². The lowest BCUT2D eigenvalue weighted by molar-refractivity contribution is -0.192. The Kier molecular flexibility index (Phi) is 6.35. The number of carbonyl (C=O) groups excluding carboxylic acids is 2. The van der Waals surface area contributed by atoms with Crippen molar-refractivity contribution in [2.75, 3.05) is 24.5 Å². The van der Waals surface area contributed by atoms with Crippen molar-refractivity contribution in [1.82, 2.24) is 9.88 Å². The number of likely N-dealkylation sites (tertiary alicyclic amines) is 1. The first-order valence-corrected chi connectivity index (χ1v) is 10.3. The van der Waals surface area contributed by atoms with Gasteiger partial charge in [0.05, 0.1) is 11.1 Å². The van der Waals surface area contributed by atoms with Crippen LogP contribution in [0.15, 0.2) is 41.4 Å². The third-order valence-corrected chi connectivity index (χ3v) is 6.31. The molecule has 1 N–H and O–H groups in total. The molecule has 2 atom stereocenters. The molecule has 31 heavy (non-hydrogen) atoms. The highest BCUT2D eigenvalue weighted by atomic mass is 32.1. The van der Waals surface area contributed by atoms with Crippen LogP contribution in [0.25, 0.3) is 0 Å². The molecule has 2 aliphatic rings. The van der Waals surface area contributed by atoms with Gasteiger partial charge in [-0.05, 0) is 35.9 Å². The van der Waals surface area contributed by atoms with Gasteiger partial charge >= 0.3 is 12.1 Å². The number of carbonyl (C=O) groups is 3. The summed E-state index contributed by atoms with van der Waals surface area (Å²) in [7, 11) is 0. The molecule has 0 bridgehead atoms. The van der Waals surface area contributed by atoms with E-state index < -0.39 is 17.6 Å². The number of pyridine rings is 1. The SMILES string of the molecule is C[C@@H]1CN(C(=O)c2ccncc2)C[C@]12CCN(c1ccsc1)C2=O.O=C(O)C(F)(F)F. The molecule has 2 fully saturated rings. The van der Waals surface area contributed by atoms with Crippen LogP contribution in [-0.4, -0.2) is 58.6 Å². The van der Waals surface area contributed by atoms with E-state index in [9.17, 15) is 22.8 Å². The maximum absolute atomic E-state index is 13.1. The van der Waals surface area contributed by atoms with Gasteiger partial charge in [-0.15, -0.1) is 0 Å². The first-order chi connectivity index (χ1) is 14.6. The standard InChI is InChI=1S/C18H19N3O2S.C2HF3O2/c1-13-10-20(16(22)14-2-6-19-7-3-14)12-18(13)5-8-21(17(18)23)15-4-9-24-11-15;3-2(4,5)1(6)7/h2-4,6-7,9,11,13H,5,8,10,12H2,1H3;(H,6,7)/t13-,18-;/m1./s1. The number of aromatic nitrogens is 1. The fraction of sp³-hybridized carbons (Fsp3) is 0.400. The molecule has 2 amide bonds. The Balaban J connectivity index is 0.000000339. The van der Waals surface area contributed by atoms with E-state index >= 15 is 0 Å². The van der Waals surface area contributed by atoms with Gasteiger partial charge in [0.15, 0.2) is 0 Å². The highest BCUT2D eigenvalue weighted by Crippen LogP contribution is 2.46. The third-order valence-electron chi connectivity index (χ3n) is 5.64. The Morgan fingerprint density at radius 3 is 2.45 bits per heavy atom. The van der Waals surface area contributed by atoms with Gasteiger partial charge in [-0.25, -0.2) is 4.79 Å². The normalized spacial score (nSPS) is 23.1. The van der Waals surface area contributed by atoms with Crippen LogP contribution in [0.1, 0.15) is 23.7 Å². The predicted molar refractivity (Wildman–Crippen MR) is 107 cm³/mol. The number of rotatable bonds is 2. The van der Waals surface area contributed by atoms with Gasteiger partial charge in [0.25, 0.3) is 5.91 Å². The van der Waals surface area contributed by atoms with Crippen molar-refractivity contribution in [3.8, 4) is 0 Å². The van der Waals surface area contributed by atoms with E-state index in [-0.39, 0.29) is 17.7 Å². The second-order valence-corrected chi connectivity index (χ2v) is 8.25. The van der Waals surface area contributed by atoms with Crippen LogP contribution in [0, 0.1) is 11.3 Å². The molecule has 0 saturated carbocycles. The zero-order chi connectivity index (χ0) is 22.8. The summed E-state index contributed by atoms with van der Waals surface area (Å²) >= 11 is 1.60. The van der Waals surface area contributed by atoms with E-state index in [4.69, 9.17) is 9.90 Å². The molecule has 0 aliphatic carbocycles. The Morgan fingerprint density at radius 1 is 1.26 bits per heavy atom. The molecular formula is C20H20F3N3O4S. The Hall–Kier alpha value is -2.95. The first-order valence-electron chi connectivity index (χ1n) is 9.40. The number of nitrogens with zero attached hydrogens (tertiary/aromatic N) is 3. The predicted octanol–water partition coefficient (Wildman–Crippen LogP) is 3.29. The van der Waals surface area contributed by atoms with Crippen molar-refractivity contribution < 1.29 is 32.7 Å². The molecule has 2 aromatic heterocycles. The van der Waals surface area contributed by atoms with E-state index in [1.54, 1.807) is 35.9 Å². The molecule has 4 rings (SSSR count). The highest BCUT2D eigenvalue weighted by Gasteiger charge is 2.56. The maximum Gasteiger partial charge on any atom is 0.490 e. The van der Waals surface area contributed by atoms with Crippen LogP contribution in [0.2, 0.25) is 0 Å². The summed E-state index contributed by atoms with van der Waals surface area (Å²) in [5.41, 5.74) is 1.17. The minimum Gasteiger partial charge on any atom is -0.475 e. The minimum atomic E-state index is -5.08. The van der Waals surface area contributed by atoms with Gasteiger partial charge in [-0.3, -0.25) is 14.6 Å². The van der Waals surface area contributed by atoms with Gasteiger partial charge in [0.2, 0.25) is 5.91 Å². The average molecular weight is 455 g/mol. The molecule has 2 aromatic rings. The van der Waals surface area contributed by atoms with Crippen LogP contribution in [-0.2, 0) is 9.59 Å². The summed E-state index contributed by atoms with van der Waals surface area (Å²) in [5.74, 6) is -2.44. The van der Waals surface area contributed by atoms with Crippen LogP contribution < -0.4 is 4.90 Å². The number of aliphatic carboxylic acids is 1. The fourth-order valence-corrected chi connectivity index (χ4v) is 4.59. The van der Waals surface area contributed by atoms with Crippen LogP contribution in [0.4, 0.5) is 18.9 Å². The summed E-state index contributed by atoms with van der Waals surface area (Å²) in [6.45, 7) is 3.96. The molecule has 2 saturated heterocycles. The largest absolute Gasteiger partial charge is 0.490 e. The Morgan fingerprint density at radius 2 is 1.90 bits per heavy atom.